The Labute approximate surface area is 104 Å². The van der Waals surface area contributed by atoms with Gasteiger partial charge in [-0.3, -0.25) is 0 Å². The molecule has 5 nitrogen and oxygen atoms in total. The highest BCUT2D eigenvalue weighted by Crippen LogP contribution is 2.26. The Morgan fingerprint density at radius 1 is 1.22 bits per heavy atom. The van der Waals surface area contributed by atoms with Gasteiger partial charge in [-0.15, -0.1) is 0 Å². The largest absolute Gasteiger partial charge is 0.394 e. The number of piperidine rings is 1. The molecule has 18 heavy (non-hydrogen) atoms. The van der Waals surface area contributed by atoms with Crippen LogP contribution >= 0.6 is 0 Å². The highest BCUT2D eigenvalue weighted by atomic mass is 19.1. The summed E-state index contributed by atoms with van der Waals surface area (Å²) in [6.45, 7) is -0.381. The third kappa shape index (κ3) is 2.32. The fraction of sp³-hybridized carbons (Fsp3) is 0.500. The lowest BCUT2D eigenvalue weighted by Crippen LogP contribution is -2.62. The van der Waals surface area contributed by atoms with Crippen LogP contribution in [-0.4, -0.2) is 57.9 Å². The molecule has 0 radical (unpaired) electrons. The zero-order valence-electron chi connectivity index (χ0n) is 9.65. The Balaban J connectivity index is 2.30. The molecule has 0 aromatic heterocycles. The number of hydrogen-bond donors (Lipinski definition) is 4. The normalized spacial score (nSPS) is 32.6. The van der Waals surface area contributed by atoms with Gasteiger partial charge < -0.3 is 25.3 Å². The lowest BCUT2D eigenvalue weighted by Gasteiger charge is -2.44. The first-order valence-corrected chi connectivity index (χ1v) is 5.72. The van der Waals surface area contributed by atoms with Gasteiger partial charge in [0.25, 0.3) is 0 Å². The van der Waals surface area contributed by atoms with Crippen LogP contribution in [0.4, 0.5) is 10.1 Å². The van der Waals surface area contributed by atoms with Crippen molar-refractivity contribution in [2.24, 2.45) is 0 Å². The number of benzene rings is 1. The van der Waals surface area contributed by atoms with Crippen molar-refractivity contribution in [3.05, 3.63) is 30.1 Å². The Morgan fingerprint density at radius 3 is 2.56 bits per heavy atom. The Morgan fingerprint density at radius 2 is 1.94 bits per heavy atom. The highest BCUT2D eigenvalue weighted by molar-refractivity contribution is 5.49. The molecule has 1 aromatic rings. The van der Waals surface area contributed by atoms with Crippen LogP contribution in [0.25, 0.3) is 0 Å². The highest BCUT2D eigenvalue weighted by Gasteiger charge is 2.41. The summed E-state index contributed by atoms with van der Waals surface area (Å²) in [7, 11) is 0. The van der Waals surface area contributed by atoms with Crippen molar-refractivity contribution in [1.82, 2.24) is 0 Å². The predicted molar refractivity (Wildman–Crippen MR) is 62.6 cm³/mol. The number of halogens is 1. The van der Waals surface area contributed by atoms with E-state index >= 15 is 0 Å². The van der Waals surface area contributed by atoms with Crippen molar-refractivity contribution < 1.29 is 24.8 Å². The summed E-state index contributed by atoms with van der Waals surface area (Å²) in [5.74, 6) is -0.445. The number of rotatable bonds is 2. The number of hydrogen-bond acceptors (Lipinski definition) is 5. The molecule has 0 saturated carbocycles. The molecule has 1 aromatic carbocycles. The standard InChI is InChI=1S/C12H16FNO4/c13-7-2-1-3-8(4-7)14-5-10(16)12(18)11(17)9(14)6-15/h1-4,9-12,15-18H,5-6H2/t9-,10+,11-,12-/m1/s1. The minimum atomic E-state index is -1.31. The summed E-state index contributed by atoms with van der Waals surface area (Å²) in [4.78, 5) is 1.49. The molecule has 0 bridgehead atoms. The van der Waals surface area contributed by atoms with Crippen LogP contribution in [0.15, 0.2) is 24.3 Å². The second kappa shape index (κ2) is 5.19. The molecule has 1 fully saturated rings. The zero-order valence-corrected chi connectivity index (χ0v) is 9.65. The fourth-order valence-corrected chi connectivity index (χ4v) is 2.24. The zero-order chi connectivity index (χ0) is 13.3. The molecule has 1 heterocycles. The average Bonchev–Trinajstić information content (AvgIpc) is 2.35. The third-order valence-electron chi connectivity index (χ3n) is 3.25. The predicted octanol–water partition coefficient (Wildman–Crippen LogP) is -0.911. The van der Waals surface area contributed by atoms with Crippen molar-refractivity contribution in [3.63, 3.8) is 0 Å². The van der Waals surface area contributed by atoms with Crippen LogP contribution in [0, 0.1) is 5.82 Å². The molecule has 0 aliphatic carbocycles. The lowest BCUT2D eigenvalue weighted by molar-refractivity contribution is -0.0902. The first kappa shape index (κ1) is 13.2. The van der Waals surface area contributed by atoms with Crippen molar-refractivity contribution in [2.45, 2.75) is 24.4 Å². The number of anilines is 1. The Hall–Kier alpha value is -1.21. The van der Waals surface area contributed by atoms with Gasteiger partial charge in [0.2, 0.25) is 0 Å². The Bertz CT molecular complexity index is 417. The molecular weight excluding hydrogens is 241 g/mol. The fourth-order valence-electron chi connectivity index (χ4n) is 2.24. The monoisotopic (exact) mass is 257 g/mol. The van der Waals surface area contributed by atoms with Gasteiger partial charge in [0.15, 0.2) is 0 Å². The number of nitrogens with zero attached hydrogens (tertiary/aromatic N) is 1. The SMILES string of the molecule is OC[C@@H]1[C@@H](O)[C@H](O)[C@@H](O)CN1c1cccc(F)c1. The summed E-state index contributed by atoms with van der Waals surface area (Å²) < 4.78 is 13.2. The van der Waals surface area contributed by atoms with Crippen molar-refractivity contribution >= 4 is 5.69 Å². The van der Waals surface area contributed by atoms with E-state index in [2.05, 4.69) is 0 Å². The molecule has 1 aliphatic heterocycles. The first-order chi connectivity index (χ1) is 8.54. The maximum Gasteiger partial charge on any atom is 0.125 e. The van der Waals surface area contributed by atoms with Gasteiger partial charge in [0.1, 0.15) is 18.0 Å². The maximum absolute atomic E-state index is 13.2. The Kier molecular flexibility index (Phi) is 3.82. The molecule has 4 N–H and O–H groups in total. The van der Waals surface area contributed by atoms with Gasteiger partial charge in [-0.2, -0.15) is 0 Å². The maximum atomic E-state index is 13.2. The molecule has 1 aliphatic rings. The van der Waals surface area contributed by atoms with Gasteiger partial charge in [0.05, 0.1) is 18.8 Å². The van der Waals surface area contributed by atoms with Crippen molar-refractivity contribution in [3.8, 4) is 0 Å². The van der Waals surface area contributed by atoms with Gasteiger partial charge in [-0.25, -0.2) is 4.39 Å². The number of aliphatic hydroxyl groups excluding tert-OH is 4. The molecule has 6 heteroatoms. The molecule has 2 rings (SSSR count). The molecule has 0 spiro atoms. The number of aliphatic hydroxyl groups is 4. The van der Waals surface area contributed by atoms with E-state index in [0.29, 0.717) is 5.69 Å². The summed E-state index contributed by atoms with van der Waals surface area (Å²) in [6.07, 6.45) is -3.75. The van der Waals surface area contributed by atoms with E-state index < -0.39 is 36.8 Å². The summed E-state index contributed by atoms with van der Waals surface area (Å²) in [5, 5.41) is 38.3. The van der Waals surface area contributed by atoms with Crippen LogP contribution in [0.1, 0.15) is 0 Å². The van der Waals surface area contributed by atoms with Crippen LogP contribution in [0.2, 0.25) is 0 Å². The van der Waals surface area contributed by atoms with Crippen LogP contribution in [-0.2, 0) is 0 Å². The first-order valence-electron chi connectivity index (χ1n) is 5.72. The third-order valence-corrected chi connectivity index (χ3v) is 3.25. The summed E-state index contributed by atoms with van der Waals surface area (Å²) >= 11 is 0. The molecule has 0 amide bonds. The molecule has 4 atom stereocenters. The second-order valence-corrected chi connectivity index (χ2v) is 4.43. The smallest absolute Gasteiger partial charge is 0.125 e. The molecule has 100 valence electrons. The van der Waals surface area contributed by atoms with E-state index in [0.717, 1.165) is 0 Å². The van der Waals surface area contributed by atoms with E-state index in [4.69, 9.17) is 0 Å². The average molecular weight is 257 g/mol. The van der Waals surface area contributed by atoms with Gasteiger partial charge in [-0.05, 0) is 18.2 Å². The quantitative estimate of drug-likeness (QED) is 0.551. The lowest BCUT2D eigenvalue weighted by atomic mass is 9.93. The minimum Gasteiger partial charge on any atom is -0.394 e. The van der Waals surface area contributed by atoms with Crippen molar-refractivity contribution in [2.75, 3.05) is 18.1 Å². The molecule has 0 unspecified atom stereocenters. The van der Waals surface area contributed by atoms with Gasteiger partial charge >= 0.3 is 0 Å². The van der Waals surface area contributed by atoms with E-state index in [1.807, 2.05) is 0 Å². The minimum absolute atomic E-state index is 0.0207. The molecular formula is C12H16FNO4. The van der Waals surface area contributed by atoms with E-state index in [1.165, 1.54) is 23.1 Å². The van der Waals surface area contributed by atoms with E-state index in [-0.39, 0.29) is 6.54 Å². The van der Waals surface area contributed by atoms with E-state index in [9.17, 15) is 24.8 Å². The van der Waals surface area contributed by atoms with E-state index in [1.54, 1.807) is 6.07 Å². The summed E-state index contributed by atoms with van der Waals surface area (Å²) in [6, 6.07) is 4.87. The van der Waals surface area contributed by atoms with Crippen LogP contribution in [0.3, 0.4) is 0 Å². The van der Waals surface area contributed by atoms with Crippen LogP contribution in [0.5, 0.6) is 0 Å². The summed E-state index contributed by atoms with van der Waals surface area (Å²) in [5.41, 5.74) is 0.444. The van der Waals surface area contributed by atoms with Gasteiger partial charge in [0, 0.05) is 12.2 Å². The topological polar surface area (TPSA) is 84.2 Å². The van der Waals surface area contributed by atoms with Crippen LogP contribution < -0.4 is 4.90 Å². The van der Waals surface area contributed by atoms with Gasteiger partial charge in [-0.1, -0.05) is 6.07 Å². The van der Waals surface area contributed by atoms with Crippen molar-refractivity contribution in [1.29, 1.82) is 0 Å². The number of β-amino-alcohol motifs (C(OH)–C–C–N with tert-alkyl or cyclic N) is 1. The second-order valence-electron chi connectivity index (χ2n) is 4.43. The molecule has 1 saturated heterocycles.